The first-order valence-corrected chi connectivity index (χ1v) is 4.76. The molecule has 13 heavy (non-hydrogen) atoms. The molecule has 0 aromatic heterocycles. The van der Waals surface area contributed by atoms with Gasteiger partial charge >= 0.3 is 0 Å². The average molecular weight is 194 g/mol. The van der Waals surface area contributed by atoms with Gasteiger partial charge in [0, 0.05) is 12.7 Å². The summed E-state index contributed by atoms with van der Waals surface area (Å²) in [6.07, 6.45) is 8.16. The van der Waals surface area contributed by atoms with E-state index in [2.05, 4.69) is 31.0 Å². The number of rotatable bonds is 0. The molecule has 1 nitrogen and oxygen atoms in total. The van der Waals surface area contributed by atoms with Crippen LogP contribution in [0.25, 0.3) is 0 Å². The van der Waals surface area contributed by atoms with Crippen LogP contribution in [-0.4, -0.2) is 11.4 Å². The Bertz CT molecular complexity index is 358. The van der Waals surface area contributed by atoms with Crippen LogP contribution in [0.1, 0.15) is 13.8 Å². The Balaban J connectivity index is 2.50. The van der Waals surface area contributed by atoms with Crippen molar-refractivity contribution in [2.45, 2.75) is 13.8 Å². The molecule has 0 saturated carbocycles. The number of halogens is 1. The van der Waals surface area contributed by atoms with Gasteiger partial charge in [-0.2, -0.15) is 0 Å². The van der Waals surface area contributed by atoms with Crippen molar-refractivity contribution in [2.75, 3.05) is 6.54 Å². The Morgan fingerprint density at radius 1 is 1.31 bits per heavy atom. The Morgan fingerprint density at radius 3 is 2.85 bits per heavy atom. The molecule has 0 unspecified atom stereocenters. The zero-order valence-corrected chi connectivity index (χ0v) is 8.60. The van der Waals surface area contributed by atoms with Crippen molar-refractivity contribution in [3.63, 3.8) is 0 Å². The summed E-state index contributed by atoms with van der Waals surface area (Å²) in [6, 6.07) is 0. The Hall–Kier alpha value is -0.950. The summed E-state index contributed by atoms with van der Waals surface area (Å²) in [4.78, 5) is 2.17. The minimum atomic E-state index is 0.879. The maximum absolute atomic E-state index is 6.23. The number of fused-ring (bicyclic) bond motifs is 1. The van der Waals surface area contributed by atoms with E-state index in [0.717, 1.165) is 17.3 Å². The predicted octanol–water partition coefficient (Wildman–Crippen LogP) is 3.17. The summed E-state index contributed by atoms with van der Waals surface area (Å²) in [5, 5.41) is 0.879. The van der Waals surface area contributed by atoms with Gasteiger partial charge in [-0.05, 0) is 37.1 Å². The van der Waals surface area contributed by atoms with Crippen molar-refractivity contribution in [2.24, 2.45) is 0 Å². The summed E-state index contributed by atoms with van der Waals surface area (Å²) in [6.45, 7) is 5.16. The third kappa shape index (κ3) is 1.33. The largest absolute Gasteiger partial charge is 0.343 e. The van der Waals surface area contributed by atoms with Crippen LogP contribution in [0.2, 0.25) is 0 Å². The van der Waals surface area contributed by atoms with Gasteiger partial charge < -0.3 is 4.90 Å². The molecule has 2 aliphatic heterocycles. The second-order valence-corrected chi connectivity index (χ2v) is 3.81. The lowest BCUT2D eigenvalue weighted by Crippen LogP contribution is -2.24. The molecule has 2 aliphatic rings. The molecule has 2 rings (SSSR count). The van der Waals surface area contributed by atoms with Crippen molar-refractivity contribution < 1.29 is 0 Å². The van der Waals surface area contributed by atoms with Gasteiger partial charge in [-0.25, -0.2) is 0 Å². The predicted molar refractivity (Wildman–Crippen MR) is 56.2 cm³/mol. The van der Waals surface area contributed by atoms with Gasteiger partial charge in [-0.3, -0.25) is 0 Å². The third-order valence-corrected chi connectivity index (χ3v) is 3.02. The molecule has 0 N–H and O–H groups in total. The SMILES string of the molecule is CC1=C(C)C(Cl)=C2C=CC=CN2C1. The highest BCUT2D eigenvalue weighted by Gasteiger charge is 2.19. The van der Waals surface area contributed by atoms with Crippen molar-refractivity contribution in [1.29, 1.82) is 0 Å². The smallest absolute Gasteiger partial charge is 0.0672 e. The fourth-order valence-corrected chi connectivity index (χ4v) is 1.90. The highest BCUT2D eigenvalue weighted by Crippen LogP contribution is 2.32. The summed E-state index contributed by atoms with van der Waals surface area (Å²) in [5.41, 5.74) is 3.67. The lowest BCUT2D eigenvalue weighted by atomic mass is 10.0. The third-order valence-electron chi connectivity index (χ3n) is 2.54. The van der Waals surface area contributed by atoms with E-state index >= 15 is 0 Å². The van der Waals surface area contributed by atoms with Crippen LogP contribution in [-0.2, 0) is 0 Å². The molecule has 2 heterocycles. The molecule has 0 radical (unpaired) electrons. The number of hydrogen-bond acceptors (Lipinski definition) is 1. The molecule has 0 fully saturated rings. The summed E-state index contributed by atoms with van der Waals surface area (Å²) in [5.74, 6) is 0. The summed E-state index contributed by atoms with van der Waals surface area (Å²) < 4.78 is 0. The molecule has 0 bridgehead atoms. The number of nitrogens with zero attached hydrogens (tertiary/aromatic N) is 1. The second kappa shape index (κ2) is 3.08. The molecule has 68 valence electrons. The van der Waals surface area contributed by atoms with Gasteiger partial charge in [0.05, 0.1) is 10.7 Å². The van der Waals surface area contributed by atoms with Crippen LogP contribution < -0.4 is 0 Å². The quantitative estimate of drug-likeness (QED) is 0.571. The maximum Gasteiger partial charge on any atom is 0.0672 e. The zero-order chi connectivity index (χ0) is 9.42. The van der Waals surface area contributed by atoms with Crippen molar-refractivity contribution in [3.05, 3.63) is 46.3 Å². The van der Waals surface area contributed by atoms with E-state index in [4.69, 9.17) is 11.6 Å². The van der Waals surface area contributed by atoms with E-state index in [-0.39, 0.29) is 0 Å². The summed E-state index contributed by atoms with van der Waals surface area (Å²) in [7, 11) is 0. The maximum atomic E-state index is 6.23. The van der Waals surface area contributed by atoms with Gasteiger partial charge in [0.25, 0.3) is 0 Å². The van der Waals surface area contributed by atoms with Crippen LogP contribution in [0.4, 0.5) is 0 Å². The van der Waals surface area contributed by atoms with Crippen LogP contribution in [0.3, 0.4) is 0 Å². The van der Waals surface area contributed by atoms with Crippen LogP contribution >= 0.6 is 11.6 Å². The van der Waals surface area contributed by atoms with Gasteiger partial charge in [0.15, 0.2) is 0 Å². The Morgan fingerprint density at radius 2 is 2.08 bits per heavy atom. The number of allylic oxidation sites excluding steroid dienone is 5. The molecule has 0 spiro atoms. The monoisotopic (exact) mass is 193 g/mol. The van der Waals surface area contributed by atoms with Crippen LogP contribution in [0, 0.1) is 0 Å². The molecule has 0 aromatic rings. The van der Waals surface area contributed by atoms with E-state index in [9.17, 15) is 0 Å². The Labute approximate surface area is 83.7 Å². The first kappa shape index (κ1) is 8.64. The van der Waals surface area contributed by atoms with Crippen LogP contribution in [0.15, 0.2) is 46.3 Å². The van der Waals surface area contributed by atoms with E-state index < -0.39 is 0 Å². The van der Waals surface area contributed by atoms with Crippen molar-refractivity contribution in [3.8, 4) is 0 Å². The first-order chi connectivity index (χ1) is 6.20. The minimum absolute atomic E-state index is 0.879. The molecule has 0 saturated heterocycles. The molecule has 0 aliphatic carbocycles. The average Bonchev–Trinajstić information content (AvgIpc) is 2.15. The fourth-order valence-electron chi connectivity index (χ4n) is 1.57. The van der Waals surface area contributed by atoms with Gasteiger partial charge in [0.1, 0.15) is 0 Å². The molecule has 0 atom stereocenters. The molecular formula is C11H12ClN. The van der Waals surface area contributed by atoms with E-state index in [0.29, 0.717) is 0 Å². The van der Waals surface area contributed by atoms with Crippen molar-refractivity contribution >= 4 is 11.6 Å². The highest BCUT2D eigenvalue weighted by atomic mass is 35.5. The highest BCUT2D eigenvalue weighted by molar-refractivity contribution is 6.32. The van der Waals surface area contributed by atoms with E-state index in [1.807, 2.05) is 12.2 Å². The van der Waals surface area contributed by atoms with E-state index in [1.54, 1.807) is 0 Å². The van der Waals surface area contributed by atoms with Gasteiger partial charge in [0.2, 0.25) is 0 Å². The van der Waals surface area contributed by atoms with Gasteiger partial charge in [-0.15, -0.1) is 0 Å². The van der Waals surface area contributed by atoms with Gasteiger partial charge in [-0.1, -0.05) is 17.7 Å². The topological polar surface area (TPSA) is 3.24 Å². The standard InChI is InChI=1S/C11H12ClN/c1-8-7-13-6-4-3-5-10(13)11(12)9(8)2/h3-6H,7H2,1-2H3. The fraction of sp³-hybridized carbons (Fsp3) is 0.273. The molecule has 0 aromatic carbocycles. The first-order valence-electron chi connectivity index (χ1n) is 4.38. The minimum Gasteiger partial charge on any atom is -0.343 e. The van der Waals surface area contributed by atoms with E-state index in [1.165, 1.54) is 11.1 Å². The normalized spacial score (nSPS) is 21.3. The second-order valence-electron chi connectivity index (χ2n) is 3.43. The zero-order valence-electron chi connectivity index (χ0n) is 7.84. The molecular weight excluding hydrogens is 182 g/mol. The number of hydrogen-bond donors (Lipinski definition) is 0. The Kier molecular flexibility index (Phi) is 2.04. The summed E-state index contributed by atoms with van der Waals surface area (Å²) >= 11 is 6.23. The molecule has 0 amide bonds. The molecule has 2 heteroatoms. The lowest BCUT2D eigenvalue weighted by Gasteiger charge is -2.30. The van der Waals surface area contributed by atoms with Crippen LogP contribution in [0.5, 0.6) is 0 Å². The lowest BCUT2D eigenvalue weighted by molar-refractivity contribution is 0.503. The van der Waals surface area contributed by atoms with Crippen molar-refractivity contribution in [1.82, 2.24) is 4.90 Å².